The zero-order valence-corrected chi connectivity index (χ0v) is 28.5. The summed E-state index contributed by atoms with van der Waals surface area (Å²) in [6.45, 7) is 12.4. The Morgan fingerprint density at radius 2 is 1.69 bits per heavy atom. The van der Waals surface area contributed by atoms with E-state index in [0.29, 0.717) is 35.7 Å². The van der Waals surface area contributed by atoms with E-state index in [1.807, 2.05) is 82.3 Å². The molecule has 256 valence electrons. The Hall–Kier alpha value is -5.47. The molecule has 0 spiro atoms. The van der Waals surface area contributed by atoms with E-state index in [4.69, 9.17) is 9.47 Å². The molecule has 3 rings (SSSR count). The molecular weight excluding hydrogens is 625 g/mol. The molecule has 0 unspecified atom stereocenters. The lowest BCUT2D eigenvalue weighted by atomic mass is 9.98. The third kappa shape index (κ3) is 12.6. The van der Waals surface area contributed by atoms with E-state index in [2.05, 4.69) is 19.4 Å². The summed E-state index contributed by atoms with van der Waals surface area (Å²) < 4.78 is 55.4. The predicted octanol–water partition coefficient (Wildman–Crippen LogP) is 10.1. The molecule has 0 amide bonds. The van der Waals surface area contributed by atoms with Crippen molar-refractivity contribution in [3.05, 3.63) is 148 Å². The summed E-state index contributed by atoms with van der Waals surface area (Å²) in [5.74, 6) is 1.16. The van der Waals surface area contributed by atoms with Crippen LogP contribution in [-0.2, 0) is 19.3 Å². The number of aromatic nitrogens is 1. The molecule has 3 aromatic rings. The van der Waals surface area contributed by atoms with Crippen LogP contribution in [0.15, 0.2) is 120 Å². The summed E-state index contributed by atoms with van der Waals surface area (Å²) in [6.07, 6.45) is 15.1. The van der Waals surface area contributed by atoms with Gasteiger partial charge in [0.1, 0.15) is 36.3 Å². The highest BCUT2D eigenvalue weighted by Crippen LogP contribution is 2.33. The quantitative estimate of drug-likeness (QED) is 0.119. The lowest BCUT2D eigenvalue weighted by molar-refractivity contribution is -0.138. The molecule has 1 aromatic heterocycles. The molecular formula is C41H43F3N2O3. The Bertz CT molecular complexity index is 1780. The summed E-state index contributed by atoms with van der Waals surface area (Å²) >= 11 is 0. The first-order chi connectivity index (χ1) is 23.4. The van der Waals surface area contributed by atoms with Crippen LogP contribution in [0, 0.1) is 30.1 Å². The minimum absolute atomic E-state index is 0.00910. The van der Waals surface area contributed by atoms with Crippen molar-refractivity contribution in [1.29, 1.82) is 5.26 Å². The number of hydrogen-bond donors (Lipinski definition) is 0. The Morgan fingerprint density at radius 3 is 2.31 bits per heavy atom. The third-order valence-corrected chi connectivity index (χ3v) is 7.22. The minimum Gasteiger partial charge on any atom is -0.489 e. The zero-order valence-electron chi connectivity index (χ0n) is 28.5. The molecule has 0 aliphatic carbocycles. The first kappa shape index (κ1) is 39.7. The van der Waals surface area contributed by atoms with Crippen LogP contribution in [0.4, 0.5) is 13.2 Å². The molecule has 0 radical (unpaired) electrons. The fraction of sp³-hybridized carbons (Fsp3) is 0.268. The van der Waals surface area contributed by atoms with Crippen molar-refractivity contribution in [3.8, 4) is 30.4 Å². The van der Waals surface area contributed by atoms with E-state index in [0.717, 1.165) is 23.6 Å². The zero-order chi connectivity index (χ0) is 36.4. The van der Waals surface area contributed by atoms with E-state index in [-0.39, 0.29) is 24.8 Å². The maximum Gasteiger partial charge on any atom is 0.417 e. The number of terminal acetylenes is 1. The number of nitrogens with zero attached hydrogens (tertiary/aromatic N) is 2. The molecule has 8 heteroatoms. The summed E-state index contributed by atoms with van der Waals surface area (Å²) in [4.78, 5) is 13.4. The van der Waals surface area contributed by atoms with Gasteiger partial charge in [-0.25, -0.2) is 0 Å². The van der Waals surface area contributed by atoms with Crippen LogP contribution in [0.1, 0.15) is 62.9 Å². The molecule has 0 bridgehead atoms. The first-order valence-corrected chi connectivity index (χ1v) is 15.8. The van der Waals surface area contributed by atoms with Crippen LogP contribution in [0.5, 0.6) is 11.5 Å². The van der Waals surface area contributed by atoms with Crippen molar-refractivity contribution in [2.24, 2.45) is 5.92 Å². The standard InChI is InChI=1S/C39H41F3N2O3.C2H2/c1-6-14-29(4)15-10-11-21-44-37(25-36(39(40,41)42)35(26-43)38(44)45)32(23-30(5)28(2)3)18-13-22-46-33-19-12-20-34(24-33)47-27-31-16-8-7-9-17-31;1-2/h7-10,12-20,23-25,28H,5-6,11,21-22,27H2,1-4H3;1-2H/b15-10-,18-13-,29-14-,32-23+;. The van der Waals surface area contributed by atoms with Gasteiger partial charge >= 0.3 is 6.18 Å². The van der Waals surface area contributed by atoms with Crippen molar-refractivity contribution in [2.75, 3.05) is 6.61 Å². The molecule has 0 saturated heterocycles. The van der Waals surface area contributed by atoms with Crippen molar-refractivity contribution >= 4 is 5.57 Å². The van der Waals surface area contributed by atoms with Crippen LogP contribution >= 0.6 is 0 Å². The Morgan fingerprint density at radius 1 is 1.02 bits per heavy atom. The lowest BCUT2D eigenvalue weighted by Gasteiger charge is -2.18. The summed E-state index contributed by atoms with van der Waals surface area (Å²) in [7, 11) is 0. The van der Waals surface area contributed by atoms with Gasteiger partial charge in [-0.3, -0.25) is 4.79 Å². The molecule has 0 aliphatic rings. The van der Waals surface area contributed by atoms with Crippen molar-refractivity contribution in [2.45, 2.75) is 59.9 Å². The Balaban J connectivity index is 0.00000409. The largest absolute Gasteiger partial charge is 0.489 e. The molecule has 0 N–H and O–H groups in total. The second-order valence-corrected chi connectivity index (χ2v) is 11.2. The molecule has 0 atom stereocenters. The predicted molar refractivity (Wildman–Crippen MR) is 192 cm³/mol. The average molecular weight is 669 g/mol. The lowest BCUT2D eigenvalue weighted by Crippen LogP contribution is -2.29. The van der Waals surface area contributed by atoms with E-state index in [9.17, 15) is 23.2 Å². The number of nitriles is 1. The van der Waals surface area contributed by atoms with Crippen LogP contribution in [0.2, 0.25) is 0 Å². The number of alkyl halides is 3. The summed E-state index contributed by atoms with van der Waals surface area (Å²) in [5, 5.41) is 9.58. The highest BCUT2D eigenvalue weighted by molar-refractivity contribution is 5.75. The molecule has 1 heterocycles. The van der Waals surface area contributed by atoms with E-state index >= 15 is 0 Å². The molecule has 0 fully saturated rings. The maximum absolute atomic E-state index is 14.1. The van der Waals surface area contributed by atoms with Gasteiger partial charge in [0, 0.05) is 12.6 Å². The monoisotopic (exact) mass is 668 g/mol. The SMILES string of the molecule is C#C.C=C(/C=C(\C=C/COc1cccc(OCc2ccccc2)c1)c1cc(C(F)(F)F)c(C#N)c(=O)n1CC/C=C\C(C)=C/CC)C(C)C. The number of rotatable bonds is 15. The van der Waals surface area contributed by atoms with Gasteiger partial charge in [-0.1, -0.05) is 105 Å². The van der Waals surface area contributed by atoms with Gasteiger partial charge in [0.25, 0.3) is 5.56 Å². The Labute approximate surface area is 288 Å². The van der Waals surface area contributed by atoms with Gasteiger partial charge in [-0.2, -0.15) is 18.4 Å². The smallest absolute Gasteiger partial charge is 0.417 e. The van der Waals surface area contributed by atoms with Gasteiger partial charge in [-0.15, -0.1) is 12.8 Å². The van der Waals surface area contributed by atoms with Gasteiger partial charge in [-0.05, 0) is 61.1 Å². The van der Waals surface area contributed by atoms with E-state index in [1.165, 1.54) is 10.6 Å². The molecule has 2 aromatic carbocycles. The topological polar surface area (TPSA) is 64.2 Å². The highest BCUT2D eigenvalue weighted by atomic mass is 19.4. The summed E-state index contributed by atoms with van der Waals surface area (Å²) in [6, 6.07) is 19.3. The number of benzene rings is 2. The van der Waals surface area contributed by atoms with Crippen LogP contribution < -0.4 is 15.0 Å². The van der Waals surface area contributed by atoms with E-state index < -0.39 is 22.9 Å². The number of pyridine rings is 1. The Kier molecular flexibility index (Phi) is 16.2. The van der Waals surface area contributed by atoms with Crippen LogP contribution in [0.25, 0.3) is 5.57 Å². The second kappa shape index (κ2) is 20.0. The minimum atomic E-state index is -4.90. The van der Waals surface area contributed by atoms with Gasteiger partial charge in [0.2, 0.25) is 0 Å². The van der Waals surface area contributed by atoms with Crippen LogP contribution in [0.3, 0.4) is 0 Å². The molecule has 5 nitrogen and oxygen atoms in total. The highest BCUT2D eigenvalue weighted by Gasteiger charge is 2.36. The van der Waals surface area contributed by atoms with Gasteiger partial charge < -0.3 is 14.0 Å². The van der Waals surface area contributed by atoms with Crippen molar-refractivity contribution in [1.82, 2.24) is 4.57 Å². The molecule has 0 aliphatic heterocycles. The maximum atomic E-state index is 14.1. The van der Waals surface area contributed by atoms with Crippen molar-refractivity contribution in [3.63, 3.8) is 0 Å². The van der Waals surface area contributed by atoms with Gasteiger partial charge in [0.15, 0.2) is 0 Å². The average Bonchev–Trinajstić information content (AvgIpc) is 3.08. The fourth-order valence-corrected chi connectivity index (χ4v) is 4.59. The van der Waals surface area contributed by atoms with Crippen molar-refractivity contribution < 1.29 is 22.6 Å². The molecule has 49 heavy (non-hydrogen) atoms. The number of allylic oxidation sites excluding steroid dienone is 8. The first-order valence-electron chi connectivity index (χ1n) is 15.8. The summed E-state index contributed by atoms with van der Waals surface area (Å²) in [5.41, 5.74) is -0.109. The molecule has 0 saturated carbocycles. The number of ether oxygens (including phenoxy) is 2. The normalized spacial score (nSPS) is 12.1. The van der Waals surface area contributed by atoms with Gasteiger partial charge in [0.05, 0.1) is 11.3 Å². The fourth-order valence-electron chi connectivity index (χ4n) is 4.59. The number of halogens is 3. The van der Waals surface area contributed by atoms with E-state index in [1.54, 1.807) is 36.4 Å². The second-order valence-electron chi connectivity index (χ2n) is 11.2. The van der Waals surface area contributed by atoms with Crippen LogP contribution in [-0.4, -0.2) is 11.2 Å². The number of hydrogen-bond acceptors (Lipinski definition) is 4. The third-order valence-electron chi connectivity index (χ3n) is 7.22.